The number of nitrogens with one attached hydrogen (secondary N) is 2. The zero-order chi connectivity index (χ0) is 26.2. The minimum absolute atomic E-state index is 0.669. The molecular weight excluding hydrogens is 440 g/mol. The maximum absolute atomic E-state index is 6.93. The van der Waals surface area contributed by atoms with Crippen molar-refractivity contribution in [2.24, 2.45) is 11.5 Å². The van der Waals surface area contributed by atoms with E-state index in [1.54, 1.807) is 0 Å². The third-order valence-electron chi connectivity index (χ3n) is 6.32. The van der Waals surface area contributed by atoms with Crippen LogP contribution in [0, 0.1) is 6.92 Å². The number of hydrogen-bond donors (Lipinski definition) is 4. The Bertz CT molecular complexity index is 1360. The number of anilines is 1. The summed E-state index contributed by atoms with van der Waals surface area (Å²) in [6, 6.07) is 24.5. The molecule has 0 saturated carbocycles. The molecular formula is C32H38N4. The summed E-state index contributed by atoms with van der Waals surface area (Å²) in [7, 11) is 0. The summed E-state index contributed by atoms with van der Waals surface area (Å²) in [6.07, 6.45) is 4.15. The van der Waals surface area contributed by atoms with Crippen LogP contribution in [0.4, 0.5) is 5.69 Å². The quantitative estimate of drug-likeness (QED) is 0.287. The summed E-state index contributed by atoms with van der Waals surface area (Å²) >= 11 is 0. The predicted octanol–water partition coefficient (Wildman–Crippen LogP) is 7.48. The molecule has 0 saturated heterocycles. The van der Waals surface area contributed by atoms with Crippen molar-refractivity contribution in [1.82, 2.24) is 5.32 Å². The molecule has 0 aromatic heterocycles. The fourth-order valence-electron chi connectivity index (χ4n) is 4.24. The molecule has 0 heterocycles. The molecule has 4 nitrogen and oxygen atoms in total. The van der Waals surface area contributed by atoms with Gasteiger partial charge in [0.2, 0.25) is 0 Å². The van der Waals surface area contributed by atoms with Gasteiger partial charge < -0.3 is 22.1 Å². The zero-order valence-corrected chi connectivity index (χ0v) is 22.2. The summed E-state index contributed by atoms with van der Waals surface area (Å²) < 4.78 is 0. The molecule has 0 unspecified atom stereocenters. The second-order valence-electron chi connectivity index (χ2n) is 8.41. The normalized spacial score (nSPS) is 17.6. The molecule has 4 rings (SSSR count). The Morgan fingerprint density at radius 1 is 0.667 bits per heavy atom. The SMILES string of the molecule is C/C=C(C)\C(=C/C)N/C1=C(\N)c2ccccc2/C(Nc2ccccc2C)=C(/N)c2ccccc21.CC. The van der Waals surface area contributed by atoms with E-state index >= 15 is 0 Å². The molecule has 0 amide bonds. The highest BCUT2D eigenvalue weighted by atomic mass is 14.9. The molecule has 3 aromatic rings. The van der Waals surface area contributed by atoms with Crippen molar-refractivity contribution >= 4 is 28.5 Å². The highest BCUT2D eigenvalue weighted by Gasteiger charge is 2.24. The van der Waals surface area contributed by atoms with E-state index in [4.69, 9.17) is 11.5 Å². The fourth-order valence-corrected chi connectivity index (χ4v) is 4.24. The number of nitrogens with two attached hydrogens (primary N) is 2. The summed E-state index contributed by atoms with van der Waals surface area (Å²) in [4.78, 5) is 0. The maximum atomic E-state index is 6.93. The molecule has 0 radical (unpaired) electrons. The van der Waals surface area contributed by atoms with E-state index in [2.05, 4.69) is 60.9 Å². The van der Waals surface area contributed by atoms with Gasteiger partial charge in [-0.05, 0) is 44.9 Å². The number of para-hydroxylation sites is 1. The molecule has 6 N–H and O–H groups in total. The number of benzene rings is 3. The summed E-state index contributed by atoms with van der Waals surface area (Å²) in [5, 5.41) is 7.23. The van der Waals surface area contributed by atoms with Crippen LogP contribution in [-0.4, -0.2) is 0 Å². The molecule has 1 aliphatic carbocycles. The van der Waals surface area contributed by atoms with Gasteiger partial charge in [0.15, 0.2) is 0 Å². The summed E-state index contributed by atoms with van der Waals surface area (Å²) in [5.41, 5.74) is 24.9. The fraction of sp³-hybridized carbons (Fsp3) is 0.188. The van der Waals surface area contributed by atoms with Crippen LogP contribution in [0.25, 0.3) is 22.8 Å². The molecule has 186 valence electrons. The number of aryl methyl sites for hydroxylation is 1. The lowest BCUT2D eigenvalue weighted by molar-refractivity contribution is 1.07. The Morgan fingerprint density at radius 2 is 1.14 bits per heavy atom. The van der Waals surface area contributed by atoms with Crippen LogP contribution in [0.5, 0.6) is 0 Å². The minimum atomic E-state index is 0.669. The Balaban J connectivity index is 0.00000176. The second kappa shape index (κ2) is 12.0. The first-order chi connectivity index (χ1) is 17.5. The van der Waals surface area contributed by atoms with Gasteiger partial charge in [0, 0.05) is 33.6 Å². The van der Waals surface area contributed by atoms with Crippen LogP contribution in [-0.2, 0) is 0 Å². The van der Waals surface area contributed by atoms with Crippen LogP contribution in [0.2, 0.25) is 0 Å². The molecule has 3 aromatic carbocycles. The van der Waals surface area contributed by atoms with Crippen molar-refractivity contribution in [1.29, 1.82) is 0 Å². The monoisotopic (exact) mass is 478 g/mol. The van der Waals surface area contributed by atoms with Gasteiger partial charge >= 0.3 is 0 Å². The standard InChI is InChI=1S/C30H32N4.C2H6/c1-5-19(3)25(6-2)33-29-23-16-10-8-14-21(23)28(32)30(34-26-18-12-7-13-20(26)4)24-17-11-9-15-22(24)27(29)31;1-2/h5-18,33-34H,31-32H2,1-4H3;1-2H3/b19-5-,25-6+,27-22?,28-21?,29-23?,29-27-,30-24?,30-28-;. The Labute approximate surface area is 216 Å². The van der Waals surface area contributed by atoms with Gasteiger partial charge in [-0.3, -0.25) is 0 Å². The smallest absolute Gasteiger partial charge is 0.0704 e. The van der Waals surface area contributed by atoms with Gasteiger partial charge in [-0.15, -0.1) is 0 Å². The lowest BCUT2D eigenvalue weighted by Crippen LogP contribution is -2.22. The number of allylic oxidation sites excluding steroid dienone is 3. The van der Waals surface area contributed by atoms with Crippen LogP contribution in [0.3, 0.4) is 0 Å². The molecule has 1 aliphatic rings. The predicted molar refractivity (Wildman–Crippen MR) is 157 cm³/mol. The van der Waals surface area contributed by atoms with Crippen molar-refractivity contribution in [3.8, 4) is 0 Å². The molecule has 0 spiro atoms. The van der Waals surface area contributed by atoms with E-state index in [0.29, 0.717) is 11.4 Å². The Morgan fingerprint density at radius 3 is 1.67 bits per heavy atom. The van der Waals surface area contributed by atoms with E-state index in [0.717, 1.165) is 56.2 Å². The second-order valence-corrected chi connectivity index (χ2v) is 8.41. The average molecular weight is 479 g/mol. The van der Waals surface area contributed by atoms with Crippen LogP contribution in [0.1, 0.15) is 62.4 Å². The molecule has 0 fully saturated rings. The van der Waals surface area contributed by atoms with Gasteiger partial charge in [-0.25, -0.2) is 0 Å². The van der Waals surface area contributed by atoms with E-state index < -0.39 is 0 Å². The Kier molecular flexibility index (Phi) is 8.80. The average Bonchev–Trinajstić information content (AvgIpc) is 2.93. The topological polar surface area (TPSA) is 76.1 Å². The van der Waals surface area contributed by atoms with E-state index in [1.807, 2.05) is 76.2 Å². The van der Waals surface area contributed by atoms with Crippen LogP contribution < -0.4 is 22.1 Å². The first-order valence-electron chi connectivity index (χ1n) is 12.5. The Hall–Kier alpha value is -4.18. The number of hydrogen-bond acceptors (Lipinski definition) is 4. The molecule has 0 aliphatic heterocycles. The molecule has 0 atom stereocenters. The van der Waals surface area contributed by atoms with Crippen molar-refractivity contribution in [3.63, 3.8) is 0 Å². The minimum Gasteiger partial charge on any atom is -0.397 e. The molecule has 36 heavy (non-hydrogen) atoms. The first-order valence-corrected chi connectivity index (χ1v) is 12.5. The van der Waals surface area contributed by atoms with Crippen molar-refractivity contribution in [3.05, 3.63) is 124 Å². The lowest BCUT2D eigenvalue weighted by Gasteiger charge is -2.26. The summed E-state index contributed by atoms with van der Waals surface area (Å²) in [6.45, 7) is 12.2. The largest absolute Gasteiger partial charge is 0.397 e. The van der Waals surface area contributed by atoms with Crippen molar-refractivity contribution in [2.45, 2.75) is 41.5 Å². The van der Waals surface area contributed by atoms with Crippen molar-refractivity contribution in [2.75, 3.05) is 5.32 Å². The van der Waals surface area contributed by atoms with Gasteiger partial charge in [0.25, 0.3) is 0 Å². The lowest BCUT2D eigenvalue weighted by atomic mass is 9.90. The zero-order valence-electron chi connectivity index (χ0n) is 22.2. The third kappa shape index (κ3) is 5.23. The van der Waals surface area contributed by atoms with Crippen LogP contribution in [0.15, 0.2) is 96.2 Å². The van der Waals surface area contributed by atoms with E-state index in [1.165, 1.54) is 0 Å². The third-order valence-corrected chi connectivity index (χ3v) is 6.32. The summed E-state index contributed by atoms with van der Waals surface area (Å²) in [5.74, 6) is 0. The van der Waals surface area contributed by atoms with Crippen molar-refractivity contribution < 1.29 is 0 Å². The van der Waals surface area contributed by atoms with E-state index in [9.17, 15) is 0 Å². The number of rotatable bonds is 5. The van der Waals surface area contributed by atoms with Gasteiger partial charge in [-0.1, -0.05) is 92.7 Å². The highest BCUT2D eigenvalue weighted by molar-refractivity contribution is 6.05. The van der Waals surface area contributed by atoms with Gasteiger partial charge in [0.05, 0.1) is 22.8 Å². The first kappa shape index (κ1) is 26.4. The molecule has 0 bridgehead atoms. The van der Waals surface area contributed by atoms with E-state index in [-0.39, 0.29) is 0 Å². The maximum Gasteiger partial charge on any atom is 0.0704 e. The molecule has 4 heteroatoms. The number of fused-ring (bicyclic) bond motifs is 2. The van der Waals surface area contributed by atoms with Gasteiger partial charge in [-0.2, -0.15) is 0 Å². The van der Waals surface area contributed by atoms with Crippen LogP contribution >= 0.6 is 0 Å². The van der Waals surface area contributed by atoms with Gasteiger partial charge in [0.1, 0.15) is 0 Å². The highest BCUT2D eigenvalue weighted by Crippen LogP contribution is 2.37.